The molecule has 2 nitrogen and oxygen atoms in total. The summed E-state index contributed by atoms with van der Waals surface area (Å²) in [5, 5.41) is 3.70. The Morgan fingerprint density at radius 2 is 2.00 bits per heavy atom. The molecule has 0 aromatic carbocycles. The Kier molecular flexibility index (Phi) is 3.45. The number of piperidine rings is 1. The molecule has 0 aromatic rings. The molecule has 0 amide bonds. The van der Waals surface area contributed by atoms with Gasteiger partial charge in [0.1, 0.15) is 0 Å². The van der Waals surface area contributed by atoms with Gasteiger partial charge in [0.2, 0.25) is 0 Å². The highest BCUT2D eigenvalue weighted by atomic mass is 15.1. The van der Waals surface area contributed by atoms with Crippen molar-refractivity contribution in [2.45, 2.75) is 51.1 Å². The Morgan fingerprint density at radius 1 is 1.21 bits per heavy atom. The quantitative estimate of drug-likeness (QED) is 0.725. The van der Waals surface area contributed by atoms with E-state index in [1.807, 2.05) is 0 Å². The third kappa shape index (κ3) is 1.96. The van der Waals surface area contributed by atoms with Crippen LogP contribution < -0.4 is 5.32 Å². The van der Waals surface area contributed by atoms with Crippen LogP contribution in [0.5, 0.6) is 0 Å². The first kappa shape index (κ1) is 10.4. The molecule has 1 aliphatic carbocycles. The molecule has 14 heavy (non-hydrogen) atoms. The predicted octanol–water partition coefficient (Wildman–Crippen LogP) is 1.86. The van der Waals surface area contributed by atoms with Crippen LogP contribution in [0.3, 0.4) is 0 Å². The zero-order valence-corrected chi connectivity index (χ0v) is 9.63. The van der Waals surface area contributed by atoms with E-state index in [1.165, 1.54) is 45.2 Å². The van der Waals surface area contributed by atoms with E-state index in [4.69, 9.17) is 0 Å². The van der Waals surface area contributed by atoms with Gasteiger partial charge < -0.3 is 10.2 Å². The molecule has 0 bridgehead atoms. The fourth-order valence-corrected chi connectivity index (χ4v) is 3.29. The summed E-state index contributed by atoms with van der Waals surface area (Å²) in [6.07, 6.45) is 7.12. The molecule has 82 valence electrons. The van der Waals surface area contributed by atoms with Crippen LogP contribution in [0.1, 0.15) is 39.0 Å². The normalized spacial score (nSPS) is 38.4. The summed E-state index contributed by atoms with van der Waals surface area (Å²) >= 11 is 0. The van der Waals surface area contributed by atoms with Crippen LogP contribution in [0.2, 0.25) is 0 Å². The van der Waals surface area contributed by atoms with Gasteiger partial charge in [0.15, 0.2) is 0 Å². The molecule has 0 aromatic heterocycles. The van der Waals surface area contributed by atoms with Crippen molar-refractivity contribution >= 4 is 0 Å². The standard InChI is InChI=1S/C12H24N2/c1-3-14(2)12-8-9-13-11-7-5-4-6-10(11)12/h10-13H,3-9H2,1-2H3. The lowest BCUT2D eigenvalue weighted by Gasteiger charge is -2.45. The summed E-state index contributed by atoms with van der Waals surface area (Å²) in [6, 6.07) is 1.68. The van der Waals surface area contributed by atoms with Crippen LogP contribution in [-0.2, 0) is 0 Å². The number of hydrogen-bond donors (Lipinski definition) is 1. The highest BCUT2D eigenvalue weighted by Crippen LogP contribution is 2.32. The monoisotopic (exact) mass is 196 g/mol. The molecule has 2 aliphatic rings. The van der Waals surface area contributed by atoms with Gasteiger partial charge >= 0.3 is 0 Å². The zero-order chi connectivity index (χ0) is 9.97. The van der Waals surface area contributed by atoms with Crippen molar-refractivity contribution in [2.75, 3.05) is 20.1 Å². The Hall–Kier alpha value is -0.0800. The second-order valence-corrected chi connectivity index (χ2v) is 4.94. The average Bonchev–Trinajstić information content (AvgIpc) is 2.27. The molecular formula is C12H24N2. The second-order valence-electron chi connectivity index (χ2n) is 4.94. The molecule has 1 aliphatic heterocycles. The van der Waals surface area contributed by atoms with E-state index in [0.717, 1.165) is 18.0 Å². The molecule has 1 heterocycles. The van der Waals surface area contributed by atoms with Crippen molar-refractivity contribution < 1.29 is 0 Å². The van der Waals surface area contributed by atoms with Gasteiger partial charge in [-0.05, 0) is 45.3 Å². The Morgan fingerprint density at radius 3 is 2.79 bits per heavy atom. The van der Waals surface area contributed by atoms with E-state index in [2.05, 4.69) is 24.2 Å². The zero-order valence-electron chi connectivity index (χ0n) is 9.63. The lowest BCUT2D eigenvalue weighted by molar-refractivity contribution is 0.0837. The highest BCUT2D eigenvalue weighted by Gasteiger charge is 2.35. The number of nitrogens with one attached hydrogen (secondary N) is 1. The van der Waals surface area contributed by atoms with Crippen LogP contribution in [0.25, 0.3) is 0 Å². The summed E-state index contributed by atoms with van der Waals surface area (Å²) in [5.41, 5.74) is 0. The lowest BCUT2D eigenvalue weighted by Crippen LogP contribution is -2.55. The van der Waals surface area contributed by atoms with Gasteiger partial charge in [0, 0.05) is 12.1 Å². The molecule has 3 atom stereocenters. The van der Waals surface area contributed by atoms with Crippen LogP contribution in [0, 0.1) is 5.92 Å². The minimum absolute atomic E-state index is 0.830. The molecule has 2 fully saturated rings. The van der Waals surface area contributed by atoms with Gasteiger partial charge in [-0.3, -0.25) is 0 Å². The summed E-state index contributed by atoms with van der Waals surface area (Å²) in [7, 11) is 2.29. The third-order valence-corrected chi connectivity index (χ3v) is 4.23. The maximum Gasteiger partial charge on any atom is 0.0147 e. The number of fused-ring (bicyclic) bond motifs is 1. The molecule has 1 N–H and O–H groups in total. The van der Waals surface area contributed by atoms with Crippen molar-refractivity contribution in [3.05, 3.63) is 0 Å². The molecular weight excluding hydrogens is 172 g/mol. The van der Waals surface area contributed by atoms with Crippen molar-refractivity contribution in [3.63, 3.8) is 0 Å². The maximum absolute atomic E-state index is 3.70. The average molecular weight is 196 g/mol. The van der Waals surface area contributed by atoms with Crippen LogP contribution >= 0.6 is 0 Å². The smallest absolute Gasteiger partial charge is 0.0147 e. The maximum atomic E-state index is 3.70. The number of hydrogen-bond acceptors (Lipinski definition) is 2. The molecule has 0 radical (unpaired) electrons. The van der Waals surface area contributed by atoms with Gasteiger partial charge in [0.05, 0.1) is 0 Å². The summed E-state index contributed by atoms with van der Waals surface area (Å²) in [6.45, 7) is 4.71. The van der Waals surface area contributed by atoms with Crippen molar-refractivity contribution in [3.8, 4) is 0 Å². The fraction of sp³-hybridized carbons (Fsp3) is 1.00. The SMILES string of the molecule is CCN(C)C1CCNC2CCCCC21. The third-order valence-electron chi connectivity index (χ3n) is 4.23. The molecule has 0 spiro atoms. The summed E-state index contributed by atoms with van der Waals surface area (Å²) < 4.78 is 0. The van der Waals surface area contributed by atoms with E-state index < -0.39 is 0 Å². The Balaban J connectivity index is 2.01. The molecule has 2 heteroatoms. The van der Waals surface area contributed by atoms with Gasteiger partial charge in [-0.25, -0.2) is 0 Å². The van der Waals surface area contributed by atoms with Gasteiger partial charge in [0.25, 0.3) is 0 Å². The van der Waals surface area contributed by atoms with E-state index in [-0.39, 0.29) is 0 Å². The van der Waals surface area contributed by atoms with Crippen molar-refractivity contribution in [2.24, 2.45) is 5.92 Å². The summed E-state index contributed by atoms with van der Waals surface area (Å²) in [5.74, 6) is 0.933. The van der Waals surface area contributed by atoms with Crippen LogP contribution in [0.15, 0.2) is 0 Å². The van der Waals surface area contributed by atoms with Gasteiger partial charge in [-0.2, -0.15) is 0 Å². The minimum Gasteiger partial charge on any atom is -0.314 e. The minimum atomic E-state index is 0.830. The predicted molar refractivity (Wildman–Crippen MR) is 60.5 cm³/mol. The first-order chi connectivity index (χ1) is 6.83. The topological polar surface area (TPSA) is 15.3 Å². The first-order valence-corrected chi connectivity index (χ1v) is 6.26. The van der Waals surface area contributed by atoms with Crippen molar-refractivity contribution in [1.82, 2.24) is 10.2 Å². The van der Waals surface area contributed by atoms with E-state index in [0.29, 0.717) is 0 Å². The second kappa shape index (κ2) is 4.63. The van der Waals surface area contributed by atoms with E-state index in [1.54, 1.807) is 0 Å². The molecule has 1 saturated carbocycles. The molecule has 1 saturated heterocycles. The van der Waals surface area contributed by atoms with E-state index >= 15 is 0 Å². The Bertz CT molecular complexity index is 177. The number of nitrogens with zero attached hydrogens (tertiary/aromatic N) is 1. The fourth-order valence-electron chi connectivity index (χ4n) is 3.29. The largest absolute Gasteiger partial charge is 0.314 e. The molecule has 2 rings (SSSR count). The summed E-state index contributed by atoms with van der Waals surface area (Å²) in [4.78, 5) is 2.56. The first-order valence-electron chi connectivity index (χ1n) is 6.26. The lowest BCUT2D eigenvalue weighted by atomic mass is 9.76. The van der Waals surface area contributed by atoms with Gasteiger partial charge in [-0.1, -0.05) is 19.8 Å². The van der Waals surface area contributed by atoms with Gasteiger partial charge in [-0.15, -0.1) is 0 Å². The highest BCUT2D eigenvalue weighted by molar-refractivity contribution is 4.93. The number of rotatable bonds is 2. The van der Waals surface area contributed by atoms with Crippen LogP contribution in [0.4, 0.5) is 0 Å². The van der Waals surface area contributed by atoms with Crippen molar-refractivity contribution in [1.29, 1.82) is 0 Å². The van der Waals surface area contributed by atoms with E-state index in [9.17, 15) is 0 Å². The Labute approximate surface area is 88.1 Å². The van der Waals surface area contributed by atoms with Crippen LogP contribution in [-0.4, -0.2) is 37.1 Å². The molecule has 3 unspecified atom stereocenters.